The average molecular weight is 415 g/mol. The second kappa shape index (κ2) is 6.88. The molecule has 2 aliphatic heterocycles. The summed E-state index contributed by atoms with van der Waals surface area (Å²) in [5.41, 5.74) is 0.288. The Morgan fingerprint density at radius 1 is 1.28 bits per heavy atom. The molecule has 0 aliphatic carbocycles. The zero-order chi connectivity index (χ0) is 20.9. The summed E-state index contributed by atoms with van der Waals surface area (Å²) in [7, 11) is 5.00. The molecule has 0 saturated carbocycles. The fraction of sp³-hybridized carbons (Fsp3) is 0.333. The van der Waals surface area contributed by atoms with Crippen molar-refractivity contribution < 1.29 is 18.7 Å². The maximum absolute atomic E-state index is 13.5. The minimum absolute atomic E-state index is 0.104. The van der Waals surface area contributed by atoms with Crippen molar-refractivity contribution in [3.8, 4) is 11.5 Å². The number of anilines is 1. The number of benzene rings is 2. The third-order valence-electron chi connectivity index (χ3n) is 5.50. The maximum atomic E-state index is 13.5. The molecule has 0 aromatic heterocycles. The van der Waals surface area contributed by atoms with Crippen LogP contribution in [0.4, 0.5) is 10.1 Å². The van der Waals surface area contributed by atoms with Gasteiger partial charge in [0, 0.05) is 25.3 Å². The number of methoxy groups -OCH3 is 1. The highest BCUT2D eigenvalue weighted by molar-refractivity contribution is 7.80. The number of nitrogens with zero attached hydrogens (tertiary/aromatic N) is 2. The highest BCUT2D eigenvalue weighted by atomic mass is 32.1. The number of rotatable bonds is 3. The SMILES string of the molecule is COc1cccc2c1O[C@@]1(C)[C@@H](C(=O)N(C)C)[C@H]2NC(=S)N1c1ccc(F)cc1. The van der Waals surface area contributed by atoms with Crippen LogP contribution in [0.3, 0.4) is 0 Å². The van der Waals surface area contributed by atoms with Crippen molar-refractivity contribution in [1.82, 2.24) is 10.2 Å². The van der Waals surface area contributed by atoms with Crippen LogP contribution in [-0.2, 0) is 4.79 Å². The third kappa shape index (κ3) is 2.90. The van der Waals surface area contributed by atoms with Crippen LogP contribution >= 0.6 is 12.2 Å². The number of ether oxygens (including phenoxy) is 2. The number of hydrogen-bond donors (Lipinski definition) is 1. The Labute approximate surface area is 174 Å². The van der Waals surface area contributed by atoms with Gasteiger partial charge < -0.3 is 19.7 Å². The molecule has 2 aliphatic rings. The Balaban J connectivity index is 1.93. The minimum atomic E-state index is -1.15. The van der Waals surface area contributed by atoms with Crippen molar-refractivity contribution in [2.75, 3.05) is 26.1 Å². The monoisotopic (exact) mass is 415 g/mol. The molecule has 2 bridgehead atoms. The first-order valence-electron chi connectivity index (χ1n) is 9.21. The van der Waals surface area contributed by atoms with E-state index in [-0.39, 0.29) is 11.7 Å². The van der Waals surface area contributed by atoms with Gasteiger partial charge in [-0.25, -0.2) is 4.39 Å². The Morgan fingerprint density at radius 2 is 1.97 bits per heavy atom. The molecule has 0 spiro atoms. The predicted molar refractivity (Wildman–Crippen MR) is 112 cm³/mol. The van der Waals surface area contributed by atoms with Crippen molar-refractivity contribution >= 4 is 28.9 Å². The number of nitrogens with one attached hydrogen (secondary N) is 1. The highest BCUT2D eigenvalue weighted by Gasteiger charge is 2.59. The van der Waals surface area contributed by atoms with Crippen LogP contribution in [0.2, 0.25) is 0 Å². The molecule has 1 N–H and O–H groups in total. The van der Waals surface area contributed by atoms with Gasteiger partial charge in [-0.2, -0.15) is 0 Å². The highest BCUT2D eigenvalue weighted by Crippen LogP contribution is 2.52. The standard InChI is InChI=1S/C21H22FN3O3S/c1-21-16(19(26)24(2)3)17(14-6-5-7-15(27-4)18(14)28-21)23-20(29)25(21)13-10-8-12(22)9-11-13/h5-11,16-17H,1-4H3,(H,23,29)/t16-,17+,21+/m1/s1. The lowest BCUT2D eigenvalue weighted by atomic mass is 9.78. The largest absolute Gasteiger partial charge is 0.493 e. The summed E-state index contributed by atoms with van der Waals surface area (Å²) in [6.07, 6.45) is 0. The number of hydrogen-bond acceptors (Lipinski definition) is 4. The van der Waals surface area contributed by atoms with Gasteiger partial charge in [0.15, 0.2) is 22.3 Å². The van der Waals surface area contributed by atoms with Gasteiger partial charge in [0.05, 0.1) is 13.2 Å². The van der Waals surface area contributed by atoms with Gasteiger partial charge in [-0.1, -0.05) is 12.1 Å². The molecule has 29 heavy (non-hydrogen) atoms. The van der Waals surface area contributed by atoms with Gasteiger partial charge in [0.2, 0.25) is 5.91 Å². The second-order valence-corrected chi connectivity index (χ2v) is 7.87. The van der Waals surface area contributed by atoms with Crippen LogP contribution < -0.4 is 19.7 Å². The summed E-state index contributed by atoms with van der Waals surface area (Å²) in [6, 6.07) is 11.1. The molecule has 2 aromatic rings. The Kier molecular flexibility index (Phi) is 4.61. The first-order valence-corrected chi connectivity index (χ1v) is 9.62. The normalized spacial score (nSPS) is 24.9. The van der Waals surface area contributed by atoms with E-state index in [4.69, 9.17) is 21.7 Å². The first kappa shape index (κ1) is 19.4. The van der Waals surface area contributed by atoms with Crippen molar-refractivity contribution in [1.29, 1.82) is 0 Å². The maximum Gasteiger partial charge on any atom is 0.233 e. The van der Waals surface area contributed by atoms with Crippen molar-refractivity contribution in [2.45, 2.75) is 18.7 Å². The number of carbonyl (C=O) groups is 1. The number of carbonyl (C=O) groups excluding carboxylic acids is 1. The summed E-state index contributed by atoms with van der Waals surface area (Å²) in [6.45, 7) is 1.83. The molecule has 4 rings (SSSR count). The Bertz CT molecular complexity index is 982. The number of para-hydroxylation sites is 1. The van der Waals surface area contributed by atoms with Crippen LogP contribution in [0, 0.1) is 11.7 Å². The van der Waals surface area contributed by atoms with Crippen LogP contribution in [0.25, 0.3) is 0 Å². The Morgan fingerprint density at radius 3 is 2.59 bits per heavy atom. The molecule has 0 unspecified atom stereocenters. The van der Waals surface area contributed by atoms with Crippen molar-refractivity contribution in [2.24, 2.45) is 5.92 Å². The quantitative estimate of drug-likeness (QED) is 0.778. The van der Waals surface area contributed by atoms with E-state index in [0.29, 0.717) is 22.3 Å². The van der Waals surface area contributed by atoms with Gasteiger partial charge in [-0.05, 0) is 49.5 Å². The molecule has 3 atom stereocenters. The summed E-state index contributed by atoms with van der Waals surface area (Å²) >= 11 is 5.65. The molecule has 8 heteroatoms. The minimum Gasteiger partial charge on any atom is -0.493 e. The molecule has 2 heterocycles. The second-order valence-electron chi connectivity index (χ2n) is 7.48. The third-order valence-corrected chi connectivity index (χ3v) is 5.80. The van der Waals surface area contributed by atoms with E-state index in [1.54, 1.807) is 43.1 Å². The van der Waals surface area contributed by atoms with E-state index in [2.05, 4.69) is 5.32 Å². The van der Waals surface area contributed by atoms with Gasteiger partial charge in [0.25, 0.3) is 0 Å². The Hall–Kier alpha value is -2.87. The lowest BCUT2D eigenvalue weighted by Crippen LogP contribution is -2.72. The topological polar surface area (TPSA) is 54.0 Å². The van der Waals surface area contributed by atoms with Crippen LogP contribution in [0.1, 0.15) is 18.5 Å². The zero-order valence-electron chi connectivity index (χ0n) is 16.6. The summed E-state index contributed by atoms with van der Waals surface area (Å²) < 4.78 is 25.5. The molecule has 0 radical (unpaired) electrons. The molecule has 152 valence electrons. The molecule has 1 fully saturated rings. The van der Waals surface area contributed by atoms with E-state index in [0.717, 1.165) is 5.56 Å². The lowest BCUT2D eigenvalue weighted by Gasteiger charge is -2.56. The van der Waals surface area contributed by atoms with E-state index in [9.17, 15) is 9.18 Å². The molecular weight excluding hydrogens is 393 g/mol. The van der Waals surface area contributed by atoms with Crippen LogP contribution in [0.5, 0.6) is 11.5 Å². The fourth-order valence-electron chi connectivity index (χ4n) is 4.17. The van der Waals surface area contributed by atoms with Gasteiger partial charge in [-0.15, -0.1) is 0 Å². The lowest BCUT2D eigenvalue weighted by molar-refractivity contribution is -0.144. The smallest absolute Gasteiger partial charge is 0.233 e. The fourth-order valence-corrected chi connectivity index (χ4v) is 4.58. The summed E-state index contributed by atoms with van der Waals surface area (Å²) in [4.78, 5) is 16.5. The summed E-state index contributed by atoms with van der Waals surface area (Å²) in [5.74, 6) is 0.0719. The van der Waals surface area contributed by atoms with E-state index in [1.165, 1.54) is 12.1 Å². The van der Waals surface area contributed by atoms with Crippen molar-refractivity contribution in [3.05, 3.63) is 53.8 Å². The average Bonchev–Trinajstić information content (AvgIpc) is 2.68. The van der Waals surface area contributed by atoms with E-state index >= 15 is 0 Å². The molecular formula is C21H22FN3O3S. The molecule has 2 aromatic carbocycles. The van der Waals surface area contributed by atoms with Crippen molar-refractivity contribution in [3.63, 3.8) is 0 Å². The number of fused-ring (bicyclic) bond motifs is 4. The van der Waals surface area contributed by atoms with E-state index in [1.807, 2.05) is 25.1 Å². The predicted octanol–water partition coefficient (Wildman–Crippen LogP) is 3.08. The van der Waals surface area contributed by atoms with Crippen LogP contribution in [-0.4, -0.2) is 42.8 Å². The van der Waals surface area contributed by atoms with Crippen LogP contribution in [0.15, 0.2) is 42.5 Å². The number of thiocarbonyl (C=S) groups is 1. The zero-order valence-corrected chi connectivity index (χ0v) is 17.4. The molecule has 1 amide bonds. The number of amides is 1. The van der Waals surface area contributed by atoms with E-state index < -0.39 is 17.7 Å². The molecule has 1 saturated heterocycles. The molecule has 6 nitrogen and oxygen atoms in total. The van der Waals surface area contributed by atoms with Gasteiger partial charge >= 0.3 is 0 Å². The van der Waals surface area contributed by atoms with Gasteiger partial charge in [0.1, 0.15) is 11.7 Å². The first-order chi connectivity index (χ1) is 13.8. The summed E-state index contributed by atoms with van der Waals surface area (Å²) in [5, 5.41) is 3.71. The van der Waals surface area contributed by atoms with Gasteiger partial charge in [-0.3, -0.25) is 9.69 Å². The number of halogens is 1.